The minimum Gasteiger partial charge on any atom is -0.389 e. The molecule has 182 valence electrons. The van der Waals surface area contributed by atoms with E-state index in [1.165, 1.54) is 70.6 Å². The average molecular weight is 484 g/mol. The van der Waals surface area contributed by atoms with E-state index in [1.54, 1.807) is 11.1 Å². The summed E-state index contributed by atoms with van der Waals surface area (Å²) in [5.74, 6) is 0.831. The number of piperidine rings is 1. The van der Waals surface area contributed by atoms with E-state index in [2.05, 4.69) is 34.5 Å². The van der Waals surface area contributed by atoms with Crippen LogP contribution in [0.2, 0.25) is 0 Å². The summed E-state index contributed by atoms with van der Waals surface area (Å²) in [5, 5.41) is 15.3. The Kier molecular flexibility index (Phi) is 9.37. The number of fused-ring (bicyclic) bond motifs is 2. The fraction of sp³-hybridized carbons (Fsp3) is 0.778. The average Bonchev–Trinajstić information content (AvgIpc) is 3.28. The molecule has 2 aliphatic heterocycles. The minimum atomic E-state index is -0.443. The number of benzene rings is 1. The molecular formula is C27H44Cl2N2O. The maximum Gasteiger partial charge on any atom is 0.0774 e. The maximum atomic E-state index is 11.3. The Bertz CT molecular complexity index is 705. The van der Waals surface area contributed by atoms with Crippen molar-refractivity contribution in [1.29, 1.82) is 0 Å². The summed E-state index contributed by atoms with van der Waals surface area (Å²) in [4.78, 5) is 2.58. The number of halogens is 2. The van der Waals surface area contributed by atoms with Crippen molar-refractivity contribution in [2.24, 2.45) is 5.92 Å². The molecule has 0 amide bonds. The van der Waals surface area contributed by atoms with Crippen molar-refractivity contribution in [3.63, 3.8) is 0 Å². The highest BCUT2D eigenvalue weighted by Crippen LogP contribution is 2.46. The van der Waals surface area contributed by atoms with Crippen LogP contribution in [0.15, 0.2) is 24.3 Å². The molecule has 1 atom stereocenters. The fourth-order valence-corrected chi connectivity index (χ4v) is 7.20. The number of hydrogen-bond donors (Lipinski definition) is 2. The molecule has 3 fully saturated rings. The number of β-amino-alcohol motifs (C(OH)–C–C–N with tert-alkyl or cyclic N) is 1. The maximum absolute atomic E-state index is 11.3. The van der Waals surface area contributed by atoms with E-state index in [0.717, 1.165) is 44.9 Å². The Labute approximate surface area is 207 Å². The van der Waals surface area contributed by atoms with Crippen LogP contribution in [0.25, 0.3) is 0 Å². The van der Waals surface area contributed by atoms with Crippen LogP contribution < -0.4 is 5.32 Å². The fourth-order valence-electron chi connectivity index (χ4n) is 7.20. The van der Waals surface area contributed by atoms with Gasteiger partial charge in [-0.2, -0.15) is 0 Å². The lowest BCUT2D eigenvalue weighted by atomic mass is 9.66. The molecule has 5 rings (SSSR count). The number of rotatable bonds is 3. The van der Waals surface area contributed by atoms with E-state index >= 15 is 0 Å². The van der Waals surface area contributed by atoms with Crippen LogP contribution >= 0.6 is 24.8 Å². The summed E-state index contributed by atoms with van der Waals surface area (Å²) >= 11 is 0. The Hall–Kier alpha value is -0.320. The predicted molar refractivity (Wildman–Crippen MR) is 138 cm³/mol. The highest BCUT2D eigenvalue weighted by atomic mass is 35.5. The van der Waals surface area contributed by atoms with Gasteiger partial charge in [-0.15, -0.1) is 24.8 Å². The van der Waals surface area contributed by atoms with Gasteiger partial charge in [0, 0.05) is 24.5 Å². The first-order chi connectivity index (χ1) is 14.7. The summed E-state index contributed by atoms with van der Waals surface area (Å²) in [5.41, 5.74) is 3.10. The van der Waals surface area contributed by atoms with Gasteiger partial charge in [0.1, 0.15) is 0 Å². The van der Waals surface area contributed by atoms with E-state index < -0.39 is 5.60 Å². The van der Waals surface area contributed by atoms with Crippen molar-refractivity contribution in [3.05, 3.63) is 35.4 Å². The summed E-state index contributed by atoms with van der Waals surface area (Å²) in [6, 6.07) is 9.94. The first-order valence-corrected chi connectivity index (χ1v) is 13.0. The molecular weight excluding hydrogens is 439 g/mol. The molecule has 5 heteroatoms. The van der Waals surface area contributed by atoms with Gasteiger partial charge in [-0.3, -0.25) is 0 Å². The van der Waals surface area contributed by atoms with Gasteiger partial charge >= 0.3 is 0 Å². The number of likely N-dealkylation sites (tertiary alicyclic amines) is 1. The monoisotopic (exact) mass is 482 g/mol. The quantitative estimate of drug-likeness (QED) is 0.540. The van der Waals surface area contributed by atoms with Crippen LogP contribution in [0.5, 0.6) is 0 Å². The molecule has 1 aromatic rings. The highest BCUT2D eigenvalue weighted by molar-refractivity contribution is 5.85. The Balaban J connectivity index is 0.00000144. The van der Waals surface area contributed by atoms with Gasteiger partial charge in [0.15, 0.2) is 0 Å². The van der Waals surface area contributed by atoms with Crippen LogP contribution in [-0.4, -0.2) is 41.8 Å². The van der Waals surface area contributed by atoms with E-state index in [-0.39, 0.29) is 24.8 Å². The predicted octanol–water partition coefficient (Wildman–Crippen LogP) is 6.17. The summed E-state index contributed by atoms with van der Waals surface area (Å²) in [6.45, 7) is 4.30. The standard InChI is InChI=1S/C27H42N2O.2ClH/c30-27(14-8-2-1-3-9-15-27)21-29-18-16-26(17-19-29)20-28-25(22-10-4-5-11-22)23-12-6-7-13-24(23)26;;/h6-7,12-13,22,25,28,30H,1-5,8-11,14-21H2;2*1H. The van der Waals surface area contributed by atoms with Gasteiger partial charge < -0.3 is 15.3 Å². The molecule has 4 aliphatic rings. The van der Waals surface area contributed by atoms with Gasteiger partial charge in [-0.25, -0.2) is 0 Å². The molecule has 1 unspecified atom stereocenters. The molecule has 2 N–H and O–H groups in total. The first kappa shape index (κ1) is 26.3. The Morgan fingerprint density at radius 1 is 0.844 bits per heavy atom. The van der Waals surface area contributed by atoms with Crippen molar-refractivity contribution < 1.29 is 5.11 Å². The molecule has 1 aromatic carbocycles. The van der Waals surface area contributed by atoms with Gasteiger partial charge in [-0.1, -0.05) is 69.2 Å². The van der Waals surface area contributed by atoms with Gasteiger partial charge in [0.2, 0.25) is 0 Å². The molecule has 1 spiro atoms. The number of aliphatic hydroxyl groups is 1. The molecule has 2 heterocycles. The van der Waals surface area contributed by atoms with Gasteiger partial charge in [-0.05, 0) is 68.7 Å². The summed E-state index contributed by atoms with van der Waals surface area (Å²) in [7, 11) is 0. The lowest BCUT2D eigenvalue weighted by Gasteiger charge is -2.49. The lowest BCUT2D eigenvalue weighted by Crippen LogP contribution is -2.55. The second-order valence-corrected chi connectivity index (χ2v) is 11.0. The Morgan fingerprint density at radius 3 is 2.16 bits per heavy atom. The van der Waals surface area contributed by atoms with Crippen LogP contribution in [0.1, 0.15) is 101 Å². The van der Waals surface area contributed by atoms with Crippen LogP contribution in [0, 0.1) is 5.92 Å². The van der Waals surface area contributed by atoms with Crippen molar-refractivity contribution in [2.75, 3.05) is 26.2 Å². The highest BCUT2D eigenvalue weighted by Gasteiger charge is 2.44. The van der Waals surface area contributed by atoms with E-state index in [0.29, 0.717) is 11.5 Å². The van der Waals surface area contributed by atoms with Crippen molar-refractivity contribution in [2.45, 2.75) is 101 Å². The topological polar surface area (TPSA) is 35.5 Å². The number of hydrogen-bond acceptors (Lipinski definition) is 3. The number of nitrogens with one attached hydrogen (secondary N) is 1. The molecule has 3 nitrogen and oxygen atoms in total. The first-order valence-electron chi connectivity index (χ1n) is 13.0. The third kappa shape index (κ3) is 5.49. The summed E-state index contributed by atoms with van der Waals surface area (Å²) < 4.78 is 0. The molecule has 0 aromatic heterocycles. The zero-order valence-electron chi connectivity index (χ0n) is 19.7. The third-order valence-corrected chi connectivity index (χ3v) is 9.01. The minimum absolute atomic E-state index is 0. The zero-order chi connectivity index (χ0) is 20.4. The van der Waals surface area contributed by atoms with Crippen LogP contribution in [0.3, 0.4) is 0 Å². The Morgan fingerprint density at radius 2 is 1.47 bits per heavy atom. The molecule has 2 saturated carbocycles. The molecule has 1 saturated heterocycles. The zero-order valence-corrected chi connectivity index (χ0v) is 21.3. The molecule has 32 heavy (non-hydrogen) atoms. The van der Waals surface area contributed by atoms with Crippen molar-refractivity contribution in [1.82, 2.24) is 10.2 Å². The molecule has 0 bridgehead atoms. The van der Waals surface area contributed by atoms with E-state index in [9.17, 15) is 5.11 Å². The van der Waals surface area contributed by atoms with Crippen molar-refractivity contribution >= 4 is 24.8 Å². The summed E-state index contributed by atoms with van der Waals surface area (Å²) in [6.07, 6.45) is 16.4. The van der Waals surface area contributed by atoms with Gasteiger partial charge in [0.25, 0.3) is 0 Å². The van der Waals surface area contributed by atoms with E-state index in [1.807, 2.05) is 0 Å². The molecule has 0 radical (unpaired) electrons. The van der Waals surface area contributed by atoms with Crippen LogP contribution in [0.4, 0.5) is 0 Å². The molecule has 2 aliphatic carbocycles. The number of nitrogens with zero attached hydrogens (tertiary/aromatic N) is 1. The smallest absolute Gasteiger partial charge is 0.0774 e. The third-order valence-electron chi connectivity index (χ3n) is 9.01. The normalized spacial score (nSPS) is 28.1. The second kappa shape index (κ2) is 11.4. The van der Waals surface area contributed by atoms with Crippen molar-refractivity contribution in [3.8, 4) is 0 Å². The van der Waals surface area contributed by atoms with Gasteiger partial charge in [0.05, 0.1) is 5.60 Å². The van der Waals surface area contributed by atoms with E-state index in [4.69, 9.17) is 0 Å². The lowest BCUT2D eigenvalue weighted by molar-refractivity contribution is -0.0274. The SMILES string of the molecule is Cl.Cl.OC1(CN2CCC3(CC2)CNC(C2CCCC2)c2ccccc23)CCCCCCC1. The van der Waals surface area contributed by atoms with Crippen LogP contribution in [-0.2, 0) is 5.41 Å². The largest absolute Gasteiger partial charge is 0.389 e. The second-order valence-electron chi connectivity index (χ2n) is 11.0.